The topological polar surface area (TPSA) is 83.4 Å². The van der Waals surface area contributed by atoms with Gasteiger partial charge < -0.3 is 15.8 Å². The fraction of sp³-hybridized carbons (Fsp3) is 0.333. The van der Waals surface area contributed by atoms with Gasteiger partial charge in [-0.05, 0) is 73.6 Å². The number of hydrogen-bond acceptors (Lipinski definition) is 3. The second kappa shape index (κ2) is 8.54. The van der Waals surface area contributed by atoms with Crippen molar-refractivity contribution in [3.05, 3.63) is 59.4 Å². The Morgan fingerprint density at radius 1 is 1.19 bits per heavy atom. The zero-order valence-electron chi connectivity index (χ0n) is 15.3. The van der Waals surface area contributed by atoms with Gasteiger partial charge in [0.1, 0.15) is 0 Å². The van der Waals surface area contributed by atoms with E-state index in [1.54, 1.807) is 36.4 Å². The molecule has 5 nitrogen and oxygen atoms in total. The number of nitriles is 1. The summed E-state index contributed by atoms with van der Waals surface area (Å²) in [4.78, 5) is 4.57. The summed E-state index contributed by atoms with van der Waals surface area (Å²) in [5.74, 6) is 0.674. The van der Waals surface area contributed by atoms with Gasteiger partial charge in [0, 0.05) is 5.69 Å². The molecule has 27 heavy (non-hydrogen) atoms. The number of nitrogens with two attached hydrogens (primary N) is 1. The number of ether oxygens (including phenoxy) is 1. The Morgan fingerprint density at radius 3 is 2.48 bits per heavy atom. The number of hydrogen-bond donors (Lipinski definition) is 2. The molecule has 0 atom stereocenters. The molecule has 0 radical (unpaired) electrons. The standard InChI is InChI=1S/C21H23FN4O/c1-27-20-11-6-16(12-19(20)22)15-4-9-18(10-5-15)26-21(24)25-17-7-2-14(13-23)3-8-17/h2-3,6-8,11-12,15,18H,4-5,9-10H2,1H3,(H3,24,25,26). The lowest BCUT2D eigenvalue weighted by molar-refractivity contribution is 0.380. The predicted molar refractivity (Wildman–Crippen MR) is 104 cm³/mol. The van der Waals surface area contributed by atoms with Crippen LogP contribution >= 0.6 is 0 Å². The van der Waals surface area contributed by atoms with Gasteiger partial charge in [-0.2, -0.15) is 5.26 Å². The number of aliphatic imine (C=N–C) groups is 1. The highest BCUT2D eigenvalue weighted by Gasteiger charge is 2.23. The summed E-state index contributed by atoms with van der Waals surface area (Å²) >= 11 is 0. The van der Waals surface area contributed by atoms with Gasteiger partial charge in [-0.25, -0.2) is 9.38 Å². The highest BCUT2D eigenvalue weighted by Crippen LogP contribution is 2.35. The molecule has 1 saturated carbocycles. The summed E-state index contributed by atoms with van der Waals surface area (Å²) in [5.41, 5.74) is 8.43. The van der Waals surface area contributed by atoms with Gasteiger partial charge >= 0.3 is 0 Å². The fourth-order valence-corrected chi connectivity index (χ4v) is 3.48. The molecule has 0 spiro atoms. The Morgan fingerprint density at radius 2 is 1.89 bits per heavy atom. The van der Waals surface area contributed by atoms with Crippen molar-refractivity contribution in [2.75, 3.05) is 12.4 Å². The molecule has 1 aliphatic rings. The minimum atomic E-state index is -0.314. The molecule has 2 aromatic rings. The summed E-state index contributed by atoms with van der Waals surface area (Å²) < 4.78 is 18.9. The number of benzene rings is 2. The van der Waals surface area contributed by atoms with Gasteiger partial charge in [0.25, 0.3) is 0 Å². The summed E-state index contributed by atoms with van der Waals surface area (Å²) in [6.45, 7) is 0. The molecule has 0 saturated heterocycles. The zero-order chi connectivity index (χ0) is 19.2. The monoisotopic (exact) mass is 366 g/mol. The molecule has 0 aromatic heterocycles. The van der Waals surface area contributed by atoms with Gasteiger partial charge in [0.05, 0.1) is 24.8 Å². The zero-order valence-corrected chi connectivity index (χ0v) is 15.3. The van der Waals surface area contributed by atoms with E-state index < -0.39 is 0 Å². The minimum absolute atomic E-state index is 0.162. The number of halogens is 1. The number of methoxy groups -OCH3 is 1. The molecule has 0 heterocycles. The number of guanidine groups is 1. The maximum Gasteiger partial charge on any atom is 0.193 e. The molecule has 0 unspecified atom stereocenters. The fourth-order valence-electron chi connectivity index (χ4n) is 3.48. The first-order valence-electron chi connectivity index (χ1n) is 9.03. The average molecular weight is 366 g/mol. The van der Waals surface area contributed by atoms with Crippen LogP contribution in [0.25, 0.3) is 0 Å². The van der Waals surface area contributed by atoms with Crippen LogP contribution in [0.3, 0.4) is 0 Å². The van der Waals surface area contributed by atoms with Crippen LogP contribution in [-0.2, 0) is 0 Å². The number of anilines is 1. The lowest BCUT2D eigenvalue weighted by Gasteiger charge is -2.27. The van der Waals surface area contributed by atoms with E-state index in [0.29, 0.717) is 17.4 Å². The van der Waals surface area contributed by atoms with E-state index >= 15 is 0 Å². The van der Waals surface area contributed by atoms with Crippen LogP contribution < -0.4 is 15.8 Å². The van der Waals surface area contributed by atoms with Crippen LogP contribution in [0.5, 0.6) is 5.75 Å². The third-order valence-electron chi connectivity index (χ3n) is 4.95. The largest absolute Gasteiger partial charge is 0.494 e. The Kier molecular flexibility index (Phi) is 5.92. The highest BCUT2D eigenvalue weighted by molar-refractivity contribution is 5.92. The molecular weight excluding hydrogens is 343 g/mol. The number of nitrogens with zero attached hydrogens (tertiary/aromatic N) is 2. The first-order chi connectivity index (χ1) is 13.1. The summed E-state index contributed by atoms with van der Waals surface area (Å²) in [7, 11) is 1.47. The minimum Gasteiger partial charge on any atom is -0.494 e. The summed E-state index contributed by atoms with van der Waals surface area (Å²) in [6, 6.07) is 14.5. The maximum atomic E-state index is 13.9. The Labute approximate surface area is 158 Å². The molecule has 6 heteroatoms. The summed E-state index contributed by atoms with van der Waals surface area (Å²) in [5, 5.41) is 11.9. The molecular formula is C21H23FN4O. The van der Waals surface area contributed by atoms with Gasteiger partial charge in [0.2, 0.25) is 0 Å². The molecule has 140 valence electrons. The van der Waals surface area contributed by atoms with Crippen molar-refractivity contribution in [2.45, 2.75) is 37.6 Å². The van der Waals surface area contributed by atoms with Crippen molar-refractivity contribution >= 4 is 11.6 Å². The van der Waals surface area contributed by atoms with Crippen LogP contribution in [0.2, 0.25) is 0 Å². The van der Waals surface area contributed by atoms with Gasteiger partial charge in [-0.3, -0.25) is 0 Å². The quantitative estimate of drug-likeness (QED) is 0.629. The lowest BCUT2D eigenvalue weighted by Crippen LogP contribution is -2.26. The third-order valence-corrected chi connectivity index (χ3v) is 4.95. The number of rotatable bonds is 4. The number of nitrogens with one attached hydrogen (secondary N) is 1. The van der Waals surface area contributed by atoms with E-state index in [0.717, 1.165) is 36.9 Å². The van der Waals surface area contributed by atoms with E-state index in [9.17, 15) is 4.39 Å². The molecule has 3 rings (SSSR count). The van der Waals surface area contributed by atoms with E-state index in [4.69, 9.17) is 15.7 Å². The molecule has 1 fully saturated rings. The SMILES string of the molecule is COc1ccc(C2CCC(N=C(N)Nc3ccc(C#N)cc3)CC2)cc1F. The van der Waals surface area contributed by atoms with Crippen LogP contribution in [0.1, 0.15) is 42.7 Å². The molecule has 0 aliphatic heterocycles. The van der Waals surface area contributed by atoms with Crippen LogP contribution in [0.4, 0.5) is 10.1 Å². The molecule has 0 amide bonds. The van der Waals surface area contributed by atoms with Crippen LogP contribution in [0, 0.1) is 17.1 Å². The Balaban J connectivity index is 1.55. The van der Waals surface area contributed by atoms with Gasteiger partial charge in [-0.15, -0.1) is 0 Å². The van der Waals surface area contributed by atoms with Crippen molar-refractivity contribution in [2.24, 2.45) is 10.7 Å². The van der Waals surface area contributed by atoms with Gasteiger partial charge in [0.15, 0.2) is 17.5 Å². The van der Waals surface area contributed by atoms with Crippen molar-refractivity contribution in [1.82, 2.24) is 0 Å². The Bertz CT molecular complexity index is 849. The highest BCUT2D eigenvalue weighted by atomic mass is 19.1. The Hall–Kier alpha value is -3.07. The average Bonchev–Trinajstić information content (AvgIpc) is 2.69. The molecule has 0 bridgehead atoms. The lowest BCUT2D eigenvalue weighted by atomic mass is 9.82. The first-order valence-corrected chi connectivity index (χ1v) is 9.03. The van der Waals surface area contributed by atoms with Crippen LogP contribution in [-0.4, -0.2) is 19.1 Å². The molecule has 3 N–H and O–H groups in total. The van der Waals surface area contributed by atoms with E-state index in [1.165, 1.54) is 7.11 Å². The summed E-state index contributed by atoms with van der Waals surface area (Å²) in [6.07, 6.45) is 3.72. The van der Waals surface area contributed by atoms with E-state index in [1.807, 2.05) is 6.07 Å². The van der Waals surface area contributed by atoms with Crippen molar-refractivity contribution < 1.29 is 9.13 Å². The predicted octanol–water partition coefficient (Wildman–Crippen LogP) is 4.16. The van der Waals surface area contributed by atoms with Crippen LogP contribution in [0.15, 0.2) is 47.5 Å². The molecule has 1 aliphatic carbocycles. The van der Waals surface area contributed by atoms with Crippen molar-refractivity contribution in [3.8, 4) is 11.8 Å². The van der Waals surface area contributed by atoms with Crippen molar-refractivity contribution in [1.29, 1.82) is 5.26 Å². The second-order valence-electron chi connectivity index (χ2n) is 6.73. The second-order valence-corrected chi connectivity index (χ2v) is 6.73. The van der Waals surface area contributed by atoms with E-state index in [-0.39, 0.29) is 17.6 Å². The third kappa shape index (κ3) is 4.76. The van der Waals surface area contributed by atoms with E-state index in [2.05, 4.69) is 16.4 Å². The molecule has 2 aromatic carbocycles. The normalized spacial score (nSPS) is 20.0. The maximum absolute atomic E-state index is 13.9. The van der Waals surface area contributed by atoms with Crippen molar-refractivity contribution in [3.63, 3.8) is 0 Å². The van der Waals surface area contributed by atoms with Gasteiger partial charge in [-0.1, -0.05) is 6.07 Å². The first kappa shape index (κ1) is 18.7. The smallest absolute Gasteiger partial charge is 0.193 e.